The first-order valence-electron chi connectivity index (χ1n) is 5.53. The lowest BCUT2D eigenvalue weighted by atomic mass is 10.3. The van der Waals surface area contributed by atoms with Crippen LogP contribution in [0.25, 0.3) is 0 Å². The zero-order valence-electron chi connectivity index (χ0n) is 9.99. The van der Waals surface area contributed by atoms with E-state index in [4.69, 9.17) is 9.47 Å². The first-order chi connectivity index (χ1) is 7.55. The van der Waals surface area contributed by atoms with Crippen LogP contribution in [0.3, 0.4) is 0 Å². The molecule has 88 valence electrons. The lowest BCUT2D eigenvalue weighted by molar-refractivity contribution is -0.136. The fraction of sp³-hybridized carbons (Fsp3) is 0.583. The number of hydrogen-bond acceptors (Lipinski definition) is 4. The molecular formula is C12H18N2O2. The van der Waals surface area contributed by atoms with Gasteiger partial charge in [-0.1, -0.05) is 0 Å². The number of rotatable bonds is 3. The maximum Gasteiger partial charge on any atom is 0.163 e. The summed E-state index contributed by atoms with van der Waals surface area (Å²) in [6.07, 6.45) is 1.91. The fourth-order valence-corrected chi connectivity index (χ4v) is 1.75. The third-order valence-electron chi connectivity index (χ3n) is 2.50. The van der Waals surface area contributed by atoms with Crippen LogP contribution in [-0.2, 0) is 9.47 Å². The molecule has 4 nitrogen and oxygen atoms in total. The molecule has 0 bridgehead atoms. The van der Waals surface area contributed by atoms with Gasteiger partial charge in [0.25, 0.3) is 0 Å². The van der Waals surface area contributed by atoms with Crippen LogP contribution in [-0.4, -0.2) is 30.0 Å². The first-order valence-corrected chi connectivity index (χ1v) is 5.53. The van der Waals surface area contributed by atoms with E-state index in [2.05, 4.69) is 10.3 Å². The number of aryl methyl sites for hydroxylation is 1. The largest absolute Gasteiger partial charge is 0.382 e. The Morgan fingerprint density at radius 1 is 1.56 bits per heavy atom. The van der Waals surface area contributed by atoms with E-state index in [0.29, 0.717) is 6.61 Å². The minimum Gasteiger partial charge on any atom is -0.382 e. The predicted octanol–water partition coefficient (Wildman–Crippen LogP) is 1.95. The Morgan fingerprint density at radius 2 is 2.38 bits per heavy atom. The molecule has 0 amide bonds. The van der Waals surface area contributed by atoms with E-state index in [0.717, 1.165) is 17.9 Å². The van der Waals surface area contributed by atoms with Crippen molar-refractivity contribution in [3.05, 3.63) is 24.0 Å². The SMILES string of the molecule is Cc1cc(NCC2COC(C)(C)O2)ccn1. The Bertz CT molecular complexity index is 366. The monoisotopic (exact) mass is 222 g/mol. The van der Waals surface area contributed by atoms with E-state index in [9.17, 15) is 0 Å². The van der Waals surface area contributed by atoms with Crippen LogP contribution in [0.1, 0.15) is 19.5 Å². The van der Waals surface area contributed by atoms with Crippen LogP contribution >= 0.6 is 0 Å². The number of nitrogens with zero attached hydrogens (tertiary/aromatic N) is 1. The van der Waals surface area contributed by atoms with E-state index in [1.54, 1.807) is 6.20 Å². The predicted molar refractivity (Wildman–Crippen MR) is 62.4 cm³/mol. The fourth-order valence-electron chi connectivity index (χ4n) is 1.75. The average molecular weight is 222 g/mol. The lowest BCUT2D eigenvalue weighted by Crippen LogP contribution is -2.26. The molecule has 0 aromatic carbocycles. The smallest absolute Gasteiger partial charge is 0.163 e. The van der Waals surface area contributed by atoms with E-state index in [1.165, 1.54) is 0 Å². The summed E-state index contributed by atoms with van der Waals surface area (Å²) in [6.45, 7) is 7.24. The Kier molecular flexibility index (Phi) is 3.12. The van der Waals surface area contributed by atoms with Crippen LogP contribution in [0.2, 0.25) is 0 Å². The van der Waals surface area contributed by atoms with Crippen LogP contribution in [0.5, 0.6) is 0 Å². The molecule has 4 heteroatoms. The molecule has 0 saturated carbocycles. The number of anilines is 1. The number of pyridine rings is 1. The molecule has 16 heavy (non-hydrogen) atoms. The van der Waals surface area contributed by atoms with E-state index < -0.39 is 5.79 Å². The van der Waals surface area contributed by atoms with Gasteiger partial charge < -0.3 is 14.8 Å². The van der Waals surface area contributed by atoms with Crippen molar-refractivity contribution in [3.8, 4) is 0 Å². The Balaban J connectivity index is 1.84. The van der Waals surface area contributed by atoms with Crippen LogP contribution in [0, 0.1) is 6.92 Å². The summed E-state index contributed by atoms with van der Waals surface area (Å²) < 4.78 is 11.2. The van der Waals surface area contributed by atoms with Crippen LogP contribution in [0.15, 0.2) is 18.3 Å². The highest BCUT2D eigenvalue weighted by Crippen LogP contribution is 2.22. The summed E-state index contributed by atoms with van der Waals surface area (Å²) in [5.74, 6) is -0.444. The topological polar surface area (TPSA) is 43.4 Å². The van der Waals surface area contributed by atoms with Crippen LogP contribution < -0.4 is 5.32 Å². The third-order valence-corrected chi connectivity index (χ3v) is 2.50. The molecule has 2 heterocycles. The second-order valence-electron chi connectivity index (χ2n) is 4.52. The van der Waals surface area contributed by atoms with E-state index in [-0.39, 0.29) is 6.10 Å². The van der Waals surface area contributed by atoms with Crippen LogP contribution in [0.4, 0.5) is 5.69 Å². The van der Waals surface area contributed by atoms with Crippen molar-refractivity contribution in [2.45, 2.75) is 32.7 Å². The Hall–Kier alpha value is -1.13. The Labute approximate surface area is 96.0 Å². The van der Waals surface area contributed by atoms with Gasteiger partial charge in [-0.2, -0.15) is 0 Å². The maximum atomic E-state index is 5.70. The molecule has 1 saturated heterocycles. The summed E-state index contributed by atoms with van der Waals surface area (Å²) in [5, 5.41) is 3.32. The zero-order chi connectivity index (χ0) is 11.6. The summed E-state index contributed by atoms with van der Waals surface area (Å²) in [5.41, 5.74) is 2.08. The van der Waals surface area contributed by atoms with Gasteiger partial charge in [-0.05, 0) is 32.9 Å². The van der Waals surface area contributed by atoms with Crippen molar-refractivity contribution in [1.82, 2.24) is 4.98 Å². The van der Waals surface area contributed by atoms with Gasteiger partial charge in [0, 0.05) is 24.1 Å². The number of aromatic nitrogens is 1. The van der Waals surface area contributed by atoms with Crippen molar-refractivity contribution >= 4 is 5.69 Å². The van der Waals surface area contributed by atoms with Gasteiger partial charge in [-0.15, -0.1) is 0 Å². The highest BCUT2D eigenvalue weighted by Gasteiger charge is 2.32. The number of ether oxygens (including phenoxy) is 2. The third kappa shape index (κ3) is 2.93. The minimum atomic E-state index is -0.444. The molecule has 0 radical (unpaired) electrons. The Morgan fingerprint density at radius 3 is 3.00 bits per heavy atom. The second kappa shape index (κ2) is 4.39. The van der Waals surface area contributed by atoms with Gasteiger partial charge in [-0.25, -0.2) is 0 Å². The molecule has 2 rings (SSSR count). The average Bonchev–Trinajstić information content (AvgIpc) is 2.56. The first kappa shape index (κ1) is 11.4. The van der Waals surface area contributed by atoms with E-state index in [1.807, 2.05) is 32.9 Å². The molecule has 1 aromatic heterocycles. The van der Waals surface area contributed by atoms with Gasteiger partial charge >= 0.3 is 0 Å². The lowest BCUT2D eigenvalue weighted by Gasteiger charge is -2.17. The van der Waals surface area contributed by atoms with Gasteiger partial charge in [-0.3, -0.25) is 4.98 Å². The van der Waals surface area contributed by atoms with Gasteiger partial charge in [0.05, 0.1) is 6.61 Å². The minimum absolute atomic E-state index is 0.114. The number of hydrogen-bond donors (Lipinski definition) is 1. The molecular weight excluding hydrogens is 204 g/mol. The van der Waals surface area contributed by atoms with Crippen molar-refractivity contribution in [2.24, 2.45) is 0 Å². The van der Waals surface area contributed by atoms with Gasteiger partial charge in [0.1, 0.15) is 6.10 Å². The normalized spacial score (nSPS) is 23.3. The van der Waals surface area contributed by atoms with Crippen molar-refractivity contribution < 1.29 is 9.47 Å². The quantitative estimate of drug-likeness (QED) is 0.849. The zero-order valence-corrected chi connectivity index (χ0v) is 9.99. The molecule has 0 aliphatic carbocycles. The van der Waals surface area contributed by atoms with Crippen molar-refractivity contribution in [1.29, 1.82) is 0 Å². The summed E-state index contributed by atoms with van der Waals surface area (Å²) in [6, 6.07) is 3.97. The molecule has 1 fully saturated rings. The van der Waals surface area contributed by atoms with Crippen molar-refractivity contribution in [3.63, 3.8) is 0 Å². The van der Waals surface area contributed by atoms with Crippen molar-refractivity contribution in [2.75, 3.05) is 18.5 Å². The second-order valence-corrected chi connectivity index (χ2v) is 4.52. The maximum absolute atomic E-state index is 5.70. The summed E-state index contributed by atoms with van der Waals surface area (Å²) >= 11 is 0. The molecule has 1 aliphatic rings. The molecule has 1 aliphatic heterocycles. The molecule has 0 spiro atoms. The molecule has 1 aromatic rings. The highest BCUT2D eigenvalue weighted by molar-refractivity contribution is 5.42. The van der Waals surface area contributed by atoms with E-state index >= 15 is 0 Å². The van der Waals surface area contributed by atoms with Gasteiger partial charge in [0.2, 0.25) is 0 Å². The standard InChI is InChI=1S/C12H18N2O2/c1-9-6-10(4-5-13-9)14-7-11-8-15-12(2,3)16-11/h4-6,11H,7-8H2,1-3H3,(H,13,14). The molecule has 1 atom stereocenters. The number of nitrogens with one attached hydrogen (secondary N) is 1. The summed E-state index contributed by atoms with van der Waals surface area (Å²) in [7, 11) is 0. The van der Waals surface area contributed by atoms with Gasteiger partial charge in [0.15, 0.2) is 5.79 Å². The molecule has 1 N–H and O–H groups in total. The molecule has 1 unspecified atom stereocenters. The highest BCUT2D eigenvalue weighted by atomic mass is 16.7. The summed E-state index contributed by atoms with van der Waals surface area (Å²) in [4.78, 5) is 4.15.